The average molecular weight is 221 g/mol. The van der Waals surface area contributed by atoms with Crippen LogP contribution in [-0.4, -0.2) is 5.11 Å². The fraction of sp³-hybridized carbons (Fsp3) is 0.333. The van der Waals surface area contributed by atoms with Crippen LogP contribution in [0.1, 0.15) is 18.4 Å². The fourth-order valence-electron chi connectivity index (χ4n) is 1.23. The molecule has 0 aliphatic heterocycles. The molecule has 0 unspecified atom stereocenters. The molecule has 1 saturated carbocycles. The first kappa shape index (κ1) is 9.25. The number of benzene rings is 1. The molecule has 0 atom stereocenters. The minimum atomic E-state index is -0.818. The first-order valence-electron chi connectivity index (χ1n) is 3.90. The Morgan fingerprint density at radius 3 is 2.08 bits per heavy atom. The van der Waals surface area contributed by atoms with Gasteiger partial charge in [0.1, 0.15) is 0 Å². The van der Waals surface area contributed by atoms with E-state index in [1.807, 2.05) is 0 Å². The Labute approximate surface area is 85.1 Å². The third-order valence-electron chi connectivity index (χ3n) is 2.24. The predicted octanol–water partition coefficient (Wildman–Crippen LogP) is 3.11. The number of rotatable bonds is 1. The lowest BCUT2D eigenvalue weighted by molar-refractivity contribution is 0.151. The van der Waals surface area contributed by atoms with Crippen LogP contribution in [0, 0.1) is 5.82 Å². The van der Waals surface area contributed by atoms with Crippen LogP contribution in [0.15, 0.2) is 12.1 Å². The summed E-state index contributed by atoms with van der Waals surface area (Å²) in [5.74, 6) is -0.628. The normalized spacial score (nSPS) is 18.8. The second kappa shape index (κ2) is 2.84. The van der Waals surface area contributed by atoms with Gasteiger partial charge in [0.2, 0.25) is 0 Å². The van der Waals surface area contributed by atoms with Gasteiger partial charge in [-0.1, -0.05) is 23.2 Å². The third kappa shape index (κ3) is 1.54. The van der Waals surface area contributed by atoms with Crippen LogP contribution in [0.25, 0.3) is 0 Å². The summed E-state index contributed by atoms with van der Waals surface area (Å²) in [4.78, 5) is 0. The van der Waals surface area contributed by atoms with Gasteiger partial charge in [-0.15, -0.1) is 0 Å². The zero-order valence-electron chi connectivity index (χ0n) is 6.65. The van der Waals surface area contributed by atoms with E-state index < -0.39 is 11.4 Å². The smallest absolute Gasteiger partial charge is 0.160 e. The minimum Gasteiger partial charge on any atom is -0.385 e. The van der Waals surface area contributed by atoms with Crippen molar-refractivity contribution in [1.82, 2.24) is 0 Å². The summed E-state index contributed by atoms with van der Waals surface area (Å²) in [5.41, 5.74) is -0.218. The van der Waals surface area contributed by atoms with Crippen molar-refractivity contribution in [3.63, 3.8) is 0 Å². The molecule has 4 heteroatoms. The van der Waals surface area contributed by atoms with Crippen LogP contribution in [0.4, 0.5) is 4.39 Å². The lowest BCUT2D eigenvalue weighted by atomic mass is 10.1. The molecule has 0 bridgehead atoms. The zero-order chi connectivity index (χ0) is 9.64. The van der Waals surface area contributed by atoms with Crippen molar-refractivity contribution in [3.8, 4) is 0 Å². The highest BCUT2D eigenvalue weighted by molar-refractivity contribution is 6.35. The van der Waals surface area contributed by atoms with E-state index in [2.05, 4.69) is 0 Å². The quantitative estimate of drug-likeness (QED) is 0.722. The molecule has 2 rings (SSSR count). The van der Waals surface area contributed by atoms with Crippen molar-refractivity contribution in [3.05, 3.63) is 33.6 Å². The van der Waals surface area contributed by atoms with E-state index in [0.717, 1.165) is 0 Å². The van der Waals surface area contributed by atoms with Crippen LogP contribution in [0.5, 0.6) is 0 Å². The SMILES string of the molecule is OC1(c2cc(Cl)c(F)c(Cl)c2)CC1. The molecule has 0 radical (unpaired) electrons. The van der Waals surface area contributed by atoms with Gasteiger partial charge in [-0.25, -0.2) is 4.39 Å². The van der Waals surface area contributed by atoms with E-state index in [9.17, 15) is 9.50 Å². The summed E-state index contributed by atoms with van der Waals surface area (Å²) in [5, 5.41) is 9.62. The van der Waals surface area contributed by atoms with Crippen LogP contribution in [-0.2, 0) is 5.60 Å². The molecule has 0 saturated heterocycles. The lowest BCUT2D eigenvalue weighted by Gasteiger charge is -2.09. The Hall–Kier alpha value is -0.310. The summed E-state index contributed by atoms with van der Waals surface area (Å²) in [7, 11) is 0. The van der Waals surface area contributed by atoms with Gasteiger partial charge in [0, 0.05) is 0 Å². The number of hydrogen-bond acceptors (Lipinski definition) is 1. The third-order valence-corrected chi connectivity index (χ3v) is 2.79. The first-order chi connectivity index (χ1) is 6.03. The van der Waals surface area contributed by atoms with Crippen molar-refractivity contribution in [2.24, 2.45) is 0 Å². The van der Waals surface area contributed by atoms with E-state index in [0.29, 0.717) is 18.4 Å². The number of halogens is 3. The Balaban J connectivity index is 2.50. The first-order valence-corrected chi connectivity index (χ1v) is 4.66. The van der Waals surface area contributed by atoms with E-state index in [1.165, 1.54) is 12.1 Å². The van der Waals surface area contributed by atoms with Gasteiger partial charge in [-0.2, -0.15) is 0 Å². The summed E-state index contributed by atoms with van der Waals surface area (Å²) >= 11 is 11.2. The fourth-order valence-corrected chi connectivity index (χ4v) is 1.72. The van der Waals surface area contributed by atoms with Gasteiger partial charge >= 0.3 is 0 Å². The van der Waals surface area contributed by atoms with E-state index in [4.69, 9.17) is 23.2 Å². The van der Waals surface area contributed by atoms with Crippen LogP contribution >= 0.6 is 23.2 Å². The summed E-state index contributed by atoms with van der Waals surface area (Å²) in [6.45, 7) is 0. The highest BCUT2D eigenvalue weighted by atomic mass is 35.5. The zero-order valence-corrected chi connectivity index (χ0v) is 8.16. The van der Waals surface area contributed by atoms with Crippen molar-refractivity contribution in [2.45, 2.75) is 18.4 Å². The van der Waals surface area contributed by atoms with E-state index >= 15 is 0 Å². The summed E-state index contributed by atoms with van der Waals surface area (Å²) in [6, 6.07) is 2.85. The molecule has 0 amide bonds. The van der Waals surface area contributed by atoms with Crippen LogP contribution in [0.2, 0.25) is 10.0 Å². The van der Waals surface area contributed by atoms with Gasteiger partial charge < -0.3 is 5.11 Å². The molecule has 1 aliphatic rings. The molecular weight excluding hydrogens is 214 g/mol. The molecule has 1 nitrogen and oxygen atoms in total. The number of hydrogen-bond donors (Lipinski definition) is 1. The topological polar surface area (TPSA) is 20.2 Å². The minimum absolute atomic E-state index is 0.0391. The Bertz CT molecular complexity index is 338. The van der Waals surface area contributed by atoms with Crippen LogP contribution in [0.3, 0.4) is 0 Å². The molecular formula is C9H7Cl2FO. The van der Waals surface area contributed by atoms with Crippen molar-refractivity contribution in [2.75, 3.05) is 0 Å². The van der Waals surface area contributed by atoms with E-state index in [-0.39, 0.29) is 10.0 Å². The monoisotopic (exact) mass is 220 g/mol. The standard InChI is InChI=1S/C9H7Cl2FO/c10-6-3-5(9(13)1-2-9)4-7(11)8(6)12/h3-4,13H,1-2H2. The molecule has 0 heterocycles. The molecule has 1 aromatic rings. The van der Waals surface area contributed by atoms with Crippen molar-refractivity contribution >= 4 is 23.2 Å². The molecule has 1 fully saturated rings. The maximum atomic E-state index is 13.0. The lowest BCUT2D eigenvalue weighted by Crippen LogP contribution is -2.04. The van der Waals surface area contributed by atoms with Gasteiger partial charge in [-0.05, 0) is 30.5 Å². The Morgan fingerprint density at radius 1 is 1.23 bits per heavy atom. The highest BCUT2D eigenvalue weighted by Gasteiger charge is 2.42. The predicted molar refractivity (Wildman–Crippen MR) is 49.6 cm³/mol. The van der Waals surface area contributed by atoms with Crippen molar-refractivity contribution in [1.29, 1.82) is 0 Å². The maximum Gasteiger partial charge on any atom is 0.160 e. The second-order valence-corrected chi connectivity index (χ2v) is 4.10. The summed E-state index contributed by atoms with van der Waals surface area (Å²) in [6.07, 6.45) is 1.37. The molecule has 0 aromatic heterocycles. The average Bonchev–Trinajstić information content (AvgIpc) is 2.80. The molecule has 1 aromatic carbocycles. The largest absolute Gasteiger partial charge is 0.385 e. The van der Waals surface area contributed by atoms with Crippen LogP contribution < -0.4 is 0 Å². The molecule has 0 spiro atoms. The van der Waals surface area contributed by atoms with E-state index in [1.54, 1.807) is 0 Å². The number of aliphatic hydroxyl groups is 1. The molecule has 13 heavy (non-hydrogen) atoms. The van der Waals surface area contributed by atoms with Gasteiger partial charge in [0.15, 0.2) is 5.82 Å². The highest BCUT2D eigenvalue weighted by Crippen LogP contribution is 2.46. The molecule has 1 N–H and O–H groups in total. The van der Waals surface area contributed by atoms with Gasteiger partial charge in [0.05, 0.1) is 15.6 Å². The Morgan fingerprint density at radius 2 is 1.69 bits per heavy atom. The molecule has 70 valence electrons. The Kier molecular flexibility index (Phi) is 2.02. The second-order valence-electron chi connectivity index (χ2n) is 3.29. The van der Waals surface area contributed by atoms with Crippen molar-refractivity contribution < 1.29 is 9.50 Å². The summed E-state index contributed by atoms with van der Waals surface area (Å²) < 4.78 is 13.0. The molecule has 1 aliphatic carbocycles. The van der Waals surface area contributed by atoms with Gasteiger partial charge in [0.25, 0.3) is 0 Å². The van der Waals surface area contributed by atoms with Gasteiger partial charge in [-0.3, -0.25) is 0 Å². The maximum absolute atomic E-state index is 13.0.